The largest absolute Gasteiger partial charge is 0.505 e. The molecule has 5 heteroatoms. The highest BCUT2D eigenvalue weighted by molar-refractivity contribution is 7.12. The Morgan fingerprint density at radius 3 is 1.92 bits per heavy atom. The van der Waals surface area contributed by atoms with Crippen LogP contribution in [-0.2, 0) is 4.79 Å². The van der Waals surface area contributed by atoms with Gasteiger partial charge in [-0.3, -0.25) is 4.79 Å². The number of aromatic hydroxyl groups is 1. The van der Waals surface area contributed by atoms with Crippen LogP contribution in [0, 0.1) is 13.8 Å². The van der Waals surface area contributed by atoms with E-state index in [9.17, 15) is 0 Å². The predicted molar refractivity (Wildman–Crippen MR) is 50.1 cm³/mol. The van der Waals surface area contributed by atoms with Crippen LogP contribution in [0.25, 0.3) is 0 Å². The molecule has 0 aliphatic rings. The number of carbonyl (C=O) groups excluding carboxylic acids is 1. The first kappa shape index (κ1) is 10.8. The van der Waals surface area contributed by atoms with Crippen LogP contribution >= 0.6 is 11.3 Å². The van der Waals surface area contributed by atoms with Crippen molar-refractivity contribution < 1.29 is 9.90 Å². The molecular formula is C7H12N2O2S. The second-order valence-electron chi connectivity index (χ2n) is 2.11. The van der Waals surface area contributed by atoms with Crippen LogP contribution in [0.5, 0.6) is 5.75 Å². The predicted octanol–water partition coefficient (Wildman–Crippen LogP) is 0.754. The molecule has 68 valence electrons. The highest BCUT2D eigenvalue weighted by Gasteiger charge is 2.06. The molecule has 5 N–H and O–H groups in total. The SMILES string of the molecule is Cc1sc(C)c(O)c1N.NC=O. The smallest absolute Gasteiger partial charge is 0.204 e. The number of thiophene rings is 1. The highest BCUT2D eigenvalue weighted by Crippen LogP contribution is 2.34. The number of hydrogen-bond donors (Lipinski definition) is 3. The first-order chi connectivity index (χ1) is 5.54. The molecule has 0 aliphatic carbocycles. The molecule has 0 radical (unpaired) electrons. The van der Waals surface area contributed by atoms with Crippen molar-refractivity contribution in [2.24, 2.45) is 5.73 Å². The minimum Gasteiger partial charge on any atom is -0.505 e. The van der Waals surface area contributed by atoms with E-state index >= 15 is 0 Å². The van der Waals surface area contributed by atoms with Crippen molar-refractivity contribution in [1.29, 1.82) is 0 Å². The van der Waals surface area contributed by atoms with E-state index in [0.29, 0.717) is 5.69 Å². The van der Waals surface area contributed by atoms with E-state index in [1.165, 1.54) is 11.3 Å². The number of nitrogen functional groups attached to an aromatic ring is 1. The van der Waals surface area contributed by atoms with E-state index in [4.69, 9.17) is 15.6 Å². The number of hydrogen-bond acceptors (Lipinski definition) is 4. The van der Waals surface area contributed by atoms with Crippen molar-refractivity contribution in [1.82, 2.24) is 0 Å². The number of nitrogens with two attached hydrogens (primary N) is 2. The van der Waals surface area contributed by atoms with Crippen molar-refractivity contribution in [2.45, 2.75) is 13.8 Å². The van der Waals surface area contributed by atoms with Gasteiger partial charge in [0.2, 0.25) is 6.41 Å². The number of carbonyl (C=O) groups is 1. The summed E-state index contributed by atoms with van der Waals surface area (Å²) in [6, 6.07) is 0. The van der Waals surface area contributed by atoms with E-state index in [1.807, 2.05) is 13.8 Å². The first-order valence-electron chi connectivity index (χ1n) is 3.24. The van der Waals surface area contributed by atoms with E-state index in [-0.39, 0.29) is 12.2 Å². The van der Waals surface area contributed by atoms with Gasteiger partial charge in [-0.05, 0) is 13.8 Å². The Kier molecular flexibility index (Phi) is 4.14. The van der Waals surface area contributed by atoms with Crippen LogP contribution in [0.2, 0.25) is 0 Å². The Hall–Kier alpha value is -1.23. The average molecular weight is 188 g/mol. The third kappa shape index (κ3) is 2.43. The Bertz CT molecular complexity index is 248. The zero-order valence-electron chi connectivity index (χ0n) is 7.00. The minimum absolute atomic E-state index is 0.248. The summed E-state index contributed by atoms with van der Waals surface area (Å²) in [5, 5.41) is 9.11. The zero-order valence-corrected chi connectivity index (χ0v) is 7.81. The molecule has 0 spiro atoms. The van der Waals surface area contributed by atoms with Gasteiger partial charge in [-0.15, -0.1) is 11.3 Å². The van der Waals surface area contributed by atoms with Gasteiger partial charge < -0.3 is 16.6 Å². The van der Waals surface area contributed by atoms with Gasteiger partial charge in [-0.1, -0.05) is 0 Å². The van der Waals surface area contributed by atoms with E-state index < -0.39 is 0 Å². The number of rotatable bonds is 0. The molecule has 0 fully saturated rings. The van der Waals surface area contributed by atoms with Gasteiger partial charge in [-0.2, -0.15) is 0 Å². The second kappa shape index (κ2) is 4.61. The van der Waals surface area contributed by atoms with Gasteiger partial charge >= 0.3 is 0 Å². The summed E-state index contributed by atoms with van der Waals surface area (Å²) in [4.78, 5) is 10.5. The van der Waals surface area contributed by atoms with E-state index in [0.717, 1.165) is 9.75 Å². The molecule has 1 aromatic heterocycles. The summed E-state index contributed by atoms with van der Waals surface area (Å²) in [5.41, 5.74) is 10.2. The maximum Gasteiger partial charge on any atom is 0.204 e. The van der Waals surface area contributed by atoms with Crippen LogP contribution in [0.4, 0.5) is 5.69 Å². The highest BCUT2D eigenvalue weighted by atomic mass is 32.1. The quantitative estimate of drug-likeness (QED) is 0.525. The number of amides is 1. The summed E-state index contributed by atoms with van der Waals surface area (Å²) < 4.78 is 0. The van der Waals surface area contributed by atoms with Gasteiger partial charge in [0, 0.05) is 9.75 Å². The van der Waals surface area contributed by atoms with Gasteiger partial charge in [0.15, 0.2) is 5.75 Å². The normalized spacial score (nSPS) is 8.50. The van der Waals surface area contributed by atoms with Gasteiger partial charge in [0.05, 0.1) is 5.69 Å². The van der Waals surface area contributed by atoms with Crippen molar-refractivity contribution in [3.05, 3.63) is 9.75 Å². The van der Waals surface area contributed by atoms with Crippen molar-refractivity contribution in [3.63, 3.8) is 0 Å². The monoisotopic (exact) mass is 188 g/mol. The van der Waals surface area contributed by atoms with Crippen molar-refractivity contribution in [2.75, 3.05) is 5.73 Å². The fourth-order valence-electron chi connectivity index (χ4n) is 0.689. The molecule has 0 saturated carbocycles. The van der Waals surface area contributed by atoms with Crippen molar-refractivity contribution in [3.8, 4) is 5.75 Å². The minimum atomic E-state index is 0.248. The van der Waals surface area contributed by atoms with Crippen LogP contribution in [0.1, 0.15) is 9.75 Å². The molecule has 0 aliphatic heterocycles. The summed E-state index contributed by atoms with van der Waals surface area (Å²) in [6.45, 7) is 3.75. The Morgan fingerprint density at radius 1 is 1.42 bits per heavy atom. The van der Waals surface area contributed by atoms with Crippen molar-refractivity contribution >= 4 is 23.4 Å². The maximum atomic E-state index is 9.11. The Labute approximate surface area is 74.8 Å². The topological polar surface area (TPSA) is 89.3 Å². The van der Waals surface area contributed by atoms with E-state index in [2.05, 4.69) is 5.73 Å². The number of anilines is 1. The molecule has 1 rings (SSSR count). The molecule has 1 heterocycles. The number of aryl methyl sites for hydroxylation is 2. The number of primary amides is 1. The van der Waals surface area contributed by atoms with Gasteiger partial charge in [0.1, 0.15) is 0 Å². The fourth-order valence-corrected chi connectivity index (χ4v) is 1.56. The molecule has 4 nitrogen and oxygen atoms in total. The van der Waals surface area contributed by atoms with Gasteiger partial charge in [-0.25, -0.2) is 0 Å². The lowest BCUT2D eigenvalue weighted by Crippen LogP contribution is -1.82. The zero-order chi connectivity index (χ0) is 9.72. The lowest BCUT2D eigenvalue weighted by molar-refractivity contribution is -0.106. The first-order valence-corrected chi connectivity index (χ1v) is 4.06. The lowest BCUT2D eigenvalue weighted by atomic mass is 10.3. The molecule has 0 bridgehead atoms. The van der Waals surface area contributed by atoms with Gasteiger partial charge in [0.25, 0.3) is 0 Å². The molecule has 0 atom stereocenters. The fraction of sp³-hybridized carbons (Fsp3) is 0.286. The lowest BCUT2D eigenvalue weighted by Gasteiger charge is -1.88. The average Bonchev–Trinajstić information content (AvgIpc) is 2.20. The van der Waals surface area contributed by atoms with E-state index in [1.54, 1.807) is 0 Å². The molecule has 1 amide bonds. The second-order valence-corrected chi connectivity index (χ2v) is 3.54. The third-order valence-corrected chi connectivity index (χ3v) is 2.30. The Balaban J connectivity index is 0.000000354. The van der Waals surface area contributed by atoms with Crippen LogP contribution in [0.15, 0.2) is 0 Å². The molecule has 0 aromatic carbocycles. The summed E-state index contributed by atoms with van der Waals surface area (Å²) in [6.07, 6.45) is 0.250. The molecule has 1 aromatic rings. The third-order valence-electron chi connectivity index (χ3n) is 1.27. The maximum absolute atomic E-state index is 9.11. The summed E-state index contributed by atoms with van der Waals surface area (Å²) >= 11 is 1.52. The standard InChI is InChI=1S/C6H9NOS.CH3NO/c1-3-5(7)6(8)4(2)9-3;2-1-3/h8H,7H2,1-2H3;1H,(H2,2,3). The van der Waals surface area contributed by atoms with Crippen LogP contribution < -0.4 is 11.5 Å². The van der Waals surface area contributed by atoms with Crippen LogP contribution in [-0.4, -0.2) is 11.5 Å². The summed E-state index contributed by atoms with van der Waals surface area (Å²) in [7, 11) is 0. The van der Waals surface area contributed by atoms with Crippen LogP contribution in [0.3, 0.4) is 0 Å². The Morgan fingerprint density at radius 2 is 1.83 bits per heavy atom. The molecule has 12 heavy (non-hydrogen) atoms. The molecule has 0 saturated heterocycles. The molecule has 0 unspecified atom stereocenters. The summed E-state index contributed by atoms with van der Waals surface area (Å²) in [5.74, 6) is 0.248. The molecular weight excluding hydrogens is 176 g/mol.